The maximum Gasteiger partial charge on any atom is 0.338 e. The summed E-state index contributed by atoms with van der Waals surface area (Å²) in [5.74, 6) is -3.47. The van der Waals surface area contributed by atoms with Crippen LogP contribution in [0, 0.1) is 5.82 Å². The van der Waals surface area contributed by atoms with Crippen LogP contribution in [-0.2, 0) is 19.6 Å². The van der Waals surface area contributed by atoms with Gasteiger partial charge in [-0.2, -0.15) is 4.72 Å². The minimum absolute atomic E-state index is 0.463. The average Bonchev–Trinajstić information content (AvgIpc) is 2.35. The van der Waals surface area contributed by atoms with Gasteiger partial charge in [0.25, 0.3) is 0 Å². The van der Waals surface area contributed by atoms with E-state index in [1.54, 1.807) is 0 Å². The molecule has 0 unspecified atom stereocenters. The number of ether oxygens (including phenoxy) is 1. The molecule has 1 rings (SSSR count). The van der Waals surface area contributed by atoms with E-state index in [1.165, 1.54) is 0 Å². The highest BCUT2D eigenvalue weighted by molar-refractivity contribution is 7.89. The number of sulfonamides is 1. The third kappa shape index (κ3) is 3.73. The number of carboxylic acid groups (broad SMARTS) is 1. The van der Waals surface area contributed by atoms with Crippen molar-refractivity contribution in [1.29, 1.82) is 0 Å². The van der Waals surface area contributed by atoms with Crippen molar-refractivity contribution in [3.63, 3.8) is 0 Å². The van der Waals surface area contributed by atoms with E-state index in [0.717, 1.165) is 19.2 Å². The Morgan fingerprint density at radius 1 is 1.42 bits per heavy atom. The summed E-state index contributed by atoms with van der Waals surface area (Å²) in [7, 11) is -3.04. The molecule has 19 heavy (non-hydrogen) atoms. The number of benzene rings is 1. The third-order valence-corrected chi connectivity index (χ3v) is 3.51. The van der Waals surface area contributed by atoms with Crippen LogP contribution in [-0.4, -0.2) is 39.1 Å². The van der Waals surface area contributed by atoms with E-state index in [4.69, 9.17) is 5.11 Å². The molecule has 0 aliphatic carbocycles. The van der Waals surface area contributed by atoms with Crippen molar-refractivity contribution >= 4 is 22.0 Å². The first-order valence-electron chi connectivity index (χ1n) is 4.87. The molecule has 0 heterocycles. The van der Waals surface area contributed by atoms with E-state index in [9.17, 15) is 22.4 Å². The van der Waals surface area contributed by atoms with Crippen molar-refractivity contribution in [2.75, 3.05) is 13.7 Å². The van der Waals surface area contributed by atoms with Gasteiger partial charge in [0.15, 0.2) is 0 Å². The summed E-state index contributed by atoms with van der Waals surface area (Å²) in [6.07, 6.45) is 0. The molecule has 0 aliphatic rings. The molecule has 0 saturated carbocycles. The van der Waals surface area contributed by atoms with Crippen molar-refractivity contribution in [2.45, 2.75) is 4.90 Å². The van der Waals surface area contributed by atoms with Crippen LogP contribution < -0.4 is 4.72 Å². The highest BCUT2D eigenvalue weighted by Crippen LogP contribution is 2.15. The van der Waals surface area contributed by atoms with Crippen LogP contribution in [0.4, 0.5) is 4.39 Å². The number of nitrogens with one attached hydrogen (secondary N) is 1. The van der Waals surface area contributed by atoms with E-state index in [0.29, 0.717) is 6.07 Å². The Morgan fingerprint density at radius 3 is 2.58 bits per heavy atom. The molecular weight excluding hydrogens is 281 g/mol. The van der Waals surface area contributed by atoms with Crippen molar-refractivity contribution in [3.8, 4) is 0 Å². The number of aromatic carboxylic acids is 1. The number of carboxylic acids is 1. The second-order valence-electron chi connectivity index (χ2n) is 3.35. The minimum atomic E-state index is -4.12. The summed E-state index contributed by atoms with van der Waals surface area (Å²) in [5, 5.41) is 8.68. The maximum atomic E-state index is 13.1. The smallest absolute Gasteiger partial charge is 0.338 e. The molecule has 0 aliphatic heterocycles. The summed E-state index contributed by atoms with van der Waals surface area (Å²) in [6, 6.07) is 2.27. The highest BCUT2D eigenvalue weighted by atomic mass is 32.2. The summed E-state index contributed by atoms with van der Waals surface area (Å²) in [6.45, 7) is -0.612. The first kappa shape index (κ1) is 15.1. The predicted octanol–water partition coefficient (Wildman–Crippen LogP) is -0.0248. The second-order valence-corrected chi connectivity index (χ2v) is 5.11. The van der Waals surface area contributed by atoms with Gasteiger partial charge in [0.2, 0.25) is 10.0 Å². The van der Waals surface area contributed by atoms with Crippen LogP contribution in [0.25, 0.3) is 0 Å². The fraction of sp³-hybridized carbons (Fsp3) is 0.200. The Morgan fingerprint density at radius 2 is 2.05 bits per heavy atom. The van der Waals surface area contributed by atoms with Gasteiger partial charge in [0, 0.05) is 0 Å². The molecule has 1 aromatic rings. The van der Waals surface area contributed by atoms with Crippen molar-refractivity contribution in [2.24, 2.45) is 0 Å². The summed E-state index contributed by atoms with van der Waals surface area (Å²) < 4.78 is 42.7. The number of halogens is 1. The number of methoxy groups -OCH3 is 1. The predicted molar refractivity (Wildman–Crippen MR) is 60.6 cm³/mol. The zero-order valence-electron chi connectivity index (χ0n) is 9.71. The molecule has 7 nitrogen and oxygen atoms in total. The van der Waals surface area contributed by atoms with Gasteiger partial charge in [0.1, 0.15) is 12.4 Å². The van der Waals surface area contributed by atoms with Gasteiger partial charge in [-0.15, -0.1) is 0 Å². The number of hydrogen-bond donors (Lipinski definition) is 2. The first-order valence-corrected chi connectivity index (χ1v) is 6.35. The van der Waals surface area contributed by atoms with Gasteiger partial charge in [-0.1, -0.05) is 0 Å². The zero-order valence-corrected chi connectivity index (χ0v) is 10.5. The van der Waals surface area contributed by atoms with Gasteiger partial charge in [-0.3, -0.25) is 4.79 Å². The van der Waals surface area contributed by atoms with Crippen molar-refractivity contribution < 1.29 is 32.2 Å². The number of carbonyl (C=O) groups excluding carboxylic acids is 1. The lowest BCUT2D eigenvalue weighted by Crippen LogP contribution is -2.30. The SMILES string of the molecule is COC(=O)CNS(=O)(=O)c1ccc(F)c(C(=O)O)c1. The topological polar surface area (TPSA) is 110 Å². The van der Waals surface area contributed by atoms with Crippen LogP contribution in [0.2, 0.25) is 0 Å². The Balaban J connectivity index is 3.05. The molecule has 104 valence electrons. The fourth-order valence-electron chi connectivity index (χ4n) is 1.14. The molecule has 0 saturated heterocycles. The molecule has 2 N–H and O–H groups in total. The fourth-order valence-corrected chi connectivity index (χ4v) is 2.14. The molecule has 0 amide bonds. The van der Waals surface area contributed by atoms with Crippen molar-refractivity contribution in [1.82, 2.24) is 4.72 Å². The van der Waals surface area contributed by atoms with Crippen LogP contribution >= 0.6 is 0 Å². The third-order valence-electron chi connectivity index (χ3n) is 2.11. The zero-order chi connectivity index (χ0) is 14.6. The van der Waals surface area contributed by atoms with E-state index < -0.39 is 44.8 Å². The highest BCUT2D eigenvalue weighted by Gasteiger charge is 2.19. The summed E-state index contributed by atoms with van der Waals surface area (Å²) >= 11 is 0. The minimum Gasteiger partial charge on any atom is -0.478 e. The van der Waals surface area contributed by atoms with E-state index in [2.05, 4.69) is 4.74 Å². The van der Waals surface area contributed by atoms with Crippen LogP contribution in [0.3, 0.4) is 0 Å². The standard InChI is InChI=1S/C10H10FNO6S/c1-18-9(13)5-12-19(16,17)6-2-3-8(11)7(4-6)10(14)15/h2-4,12H,5H2,1H3,(H,14,15). The number of carbonyl (C=O) groups is 2. The number of rotatable bonds is 5. The van der Waals surface area contributed by atoms with E-state index >= 15 is 0 Å². The van der Waals surface area contributed by atoms with E-state index in [1.807, 2.05) is 4.72 Å². The normalized spacial score (nSPS) is 11.1. The lowest BCUT2D eigenvalue weighted by Gasteiger charge is -2.06. The second kappa shape index (κ2) is 5.76. The van der Waals surface area contributed by atoms with Gasteiger partial charge in [-0.05, 0) is 18.2 Å². The largest absolute Gasteiger partial charge is 0.478 e. The lowest BCUT2D eigenvalue weighted by atomic mass is 10.2. The molecule has 0 spiro atoms. The van der Waals surface area contributed by atoms with Gasteiger partial charge in [0.05, 0.1) is 17.6 Å². The molecule has 0 aromatic heterocycles. The number of hydrogen-bond acceptors (Lipinski definition) is 5. The summed E-state index contributed by atoms with van der Waals surface area (Å²) in [5.41, 5.74) is -0.777. The quantitative estimate of drug-likeness (QED) is 0.737. The Kier molecular flexibility index (Phi) is 4.57. The monoisotopic (exact) mass is 291 g/mol. The van der Waals surface area contributed by atoms with E-state index in [-0.39, 0.29) is 0 Å². The van der Waals surface area contributed by atoms with Crippen LogP contribution in [0.1, 0.15) is 10.4 Å². The summed E-state index contributed by atoms with van der Waals surface area (Å²) in [4.78, 5) is 21.0. The Hall–Kier alpha value is -2.00. The molecule has 0 atom stereocenters. The van der Waals surface area contributed by atoms with Gasteiger partial charge in [-0.25, -0.2) is 17.6 Å². The molecule has 0 radical (unpaired) electrons. The van der Waals surface area contributed by atoms with Crippen LogP contribution in [0.15, 0.2) is 23.1 Å². The average molecular weight is 291 g/mol. The van der Waals surface area contributed by atoms with Gasteiger partial charge >= 0.3 is 11.9 Å². The lowest BCUT2D eigenvalue weighted by molar-refractivity contribution is -0.139. The van der Waals surface area contributed by atoms with Gasteiger partial charge < -0.3 is 9.84 Å². The first-order chi connectivity index (χ1) is 8.77. The van der Waals surface area contributed by atoms with Crippen LogP contribution in [0.5, 0.6) is 0 Å². The Bertz CT molecular complexity index is 612. The number of esters is 1. The molecule has 0 fully saturated rings. The Labute approximate surface area is 108 Å². The maximum absolute atomic E-state index is 13.1. The molecular formula is C10H10FNO6S. The molecule has 1 aromatic carbocycles. The molecule has 0 bridgehead atoms. The molecule has 9 heteroatoms. The van der Waals surface area contributed by atoms with Crippen molar-refractivity contribution in [3.05, 3.63) is 29.6 Å².